The molecular weight excluding hydrogens is 158 g/mol. The van der Waals surface area contributed by atoms with Gasteiger partial charge in [-0.2, -0.15) is 0 Å². The molecule has 0 saturated heterocycles. The first-order chi connectivity index (χ1) is 6.07. The first kappa shape index (κ1) is 9.85. The number of nitrogens with two attached hydrogens (primary N) is 1. The van der Waals surface area contributed by atoms with Gasteiger partial charge in [-0.1, -0.05) is 12.2 Å². The number of allylic oxidation sites excluding steroid dienone is 1. The molecule has 0 aliphatic rings. The molecule has 0 spiro atoms. The molecule has 70 valence electrons. The summed E-state index contributed by atoms with van der Waals surface area (Å²) >= 11 is 0. The van der Waals surface area contributed by atoms with Gasteiger partial charge in [0, 0.05) is 5.69 Å². The minimum absolute atomic E-state index is 0.922. The van der Waals surface area contributed by atoms with Gasteiger partial charge in [-0.15, -0.1) is 0 Å². The third kappa shape index (κ3) is 1.74. The zero-order valence-corrected chi connectivity index (χ0v) is 8.81. The van der Waals surface area contributed by atoms with E-state index in [0.29, 0.717) is 0 Å². The van der Waals surface area contributed by atoms with E-state index in [1.54, 1.807) is 0 Å². The van der Waals surface area contributed by atoms with E-state index in [0.717, 1.165) is 11.3 Å². The Kier molecular flexibility index (Phi) is 2.76. The highest BCUT2D eigenvalue weighted by atomic mass is 14.6. The highest BCUT2D eigenvalue weighted by molar-refractivity contribution is 5.65. The summed E-state index contributed by atoms with van der Waals surface area (Å²) in [5.74, 6) is 0. The van der Waals surface area contributed by atoms with Crippen LogP contribution in [0.3, 0.4) is 0 Å². The Morgan fingerprint density at radius 2 is 1.77 bits per heavy atom. The van der Waals surface area contributed by atoms with E-state index >= 15 is 0 Å². The average molecular weight is 175 g/mol. The lowest BCUT2D eigenvalue weighted by atomic mass is 9.97. The minimum atomic E-state index is 0.922. The Morgan fingerprint density at radius 3 is 2.31 bits per heavy atom. The fraction of sp³-hybridized carbons (Fsp3) is 0.333. The topological polar surface area (TPSA) is 26.0 Å². The molecule has 1 nitrogen and oxygen atoms in total. The molecule has 0 atom stereocenters. The van der Waals surface area contributed by atoms with Gasteiger partial charge in [0.15, 0.2) is 0 Å². The van der Waals surface area contributed by atoms with E-state index in [-0.39, 0.29) is 0 Å². The normalized spacial score (nSPS) is 11.1. The Bertz CT molecular complexity index is 349. The lowest BCUT2D eigenvalue weighted by molar-refractivity contribution is 1.29. The lowest BCUT2D eigenvalue weighted by Gasteiger charge is -2.11. The summed E-state index contributed by atoms with van der Waals surface area (Å²) in [6.45, 7) is 8.26. The number of hydrogen-bond donors (Lipinski definition) is 1. The van der Waals surface area contributed by atoms with Crippen molar-refractivity contribution in [1.82, 2.24) is 0 Å². The summed E-state index contributed by atoms with van der Waals surface area (Å²) in [7, 11) is 0. The summed E-state index contributed by atoms with van der Waals surface area (Å²) in [6.07, 6.45) is 4.17. The highest BCUT2D eigenvalue weighted by Gasteiger charge is 2.04. The van der Waals surface area contributed by atoms with Gasteiger partial charge in [0.1, 0.15) is 0 Å². The predicted octanol–water partition coefficient (Wildman–Crippen LogP) is 3.23. The molecule has 1 heteroatoms. The summed E-state index contributed by atoms with van der Waals surface area (Å²) < 4.78 is 0. The van der Waals surface area contributed by atoms with Gasteiger partial charge in [-0.25, -0.2) is 0 Å². The molecule has 0 heterocycles. The van der Waals surface area contributed by atoms with Crippen molar-refractivity contribution in [1.29, 1.82) is 0 Å². The number of rotatable bonds is 1. The van der Waals surface area contributed by atoms with Gasteiger partial charge in [0.05, 0.1) is 0 Å². The Balaban J connectivity index is 3.40. The third-order valence-corrected chi connectivity index (χ3v) is 2.54. The average Bonchev–Trinajstić information content (AvgIpc) is 2.11. The van der Waals surface area contributed by atoms with Crippen LogP contribution in [0.4, 0.5) is 5.69 Å². The van der Waals surface area contributed by atoms with E-state index < -0.39 is 0 Å². The Labute approximate surface area is 80.3 Å². The molecule has 1 aromatic carbocycles. The fourth-order valence-electron chi connectivity index (χ4n) is 1.49. The molecule has 0 aliphatic heterocycles. The zero-order valence-electron chi connectivity index (χ0n) is 8.81. The van der Waals surface area contributed by atoms with E-state index in [2.05, 4.69) is 39.0 Å². The molecule has 0 saturated carbocycles. The van der Waals surface area contributed by atoms with Gasteiger partial charge in [-0.05, 0) is 56.0 Å². The van der Waals surface area contributed by atoms with Crippen LogP contribution in [-0.2, 0) is 0 Å². The molecule has 0 bridgehead atoms. The second-order valence-corrected chi connectivity index (χ2v) is 3.45. The molecule has 0 unspecified atom stereocenters. The lowest BCUT2D eigenvalue weighted by Crippen LogP contribution is -1.98. The maximum absolute atomic E-state index is 5.92. The molecule has 1 rings (SSSR count). The molecule has 0 aliphatic carbocycles. The van der Waals surface area contributed by atoms with Gasteiger partial charge in [0.25, 0.3) is 0 Å². The molecular formula is C12H17N. The Morgan fingerprint density at radius 1 is 1.15 bits per heavy atom. The minimum Gasteiger partial charge on any atom is -0.398 e. The molecule has 0 radical (unpaired) electrons. The molecule has 2 N–H and O–H groups in total. The first-order valence-corrected chi connectivity index (χ1v) is 4.57. The molecule has 0 fully saturated rings. The van der Waals surface area contributed by atoms with E-state index in [9.17, 15) is 0 Å². The second-order valence-electron chi connectivity index (χ2n) is 3.45. The standard InChI is InChI=1S/C12H17N/c1-5-6-11-7-8(2)12(13)10(4)9(11)3/h5-7H,13H2,1-4H3/b6-5+. The fourth-order valence-corrected chi connectivity index (χ4v) is 1.49. The first-order valence-electron chi connectivity index (χ1n) is 4.57. The van der Waals surface area contributed by atoms with Crippen LogP contribution in [0.2, 0.25) is 0 Å². The third-order valence-electron chi connectivity index (χ3n) is 2.54. The highest BCUT2D eigenvalue weighted by Crippen LogP contribution is 2.24. The van der Waals surface area contributed by atoms with Gasteiger partial charge in [-0.3, -0.25) is 0 Å². The van der Waals surface area contributed by atoms with Gasteiger partial charge >= 0.3 is 0 Å². The van der Waals surface area contributed by atoms with Crippen molar-refractivity contribution in [3.8, 4) is 0 Å². The number of anilines is 1. The van der Waals surface area contributed by atoms with Crippen molar-refractivity contribution in [2.45, 2.75) is 27.7 Å². The molecule has 0 amide bonds. The quantitative estimate of drug-likeness (QED) is 0.651. The van der Waals surface area contributed by atoms with Crippen LogP contribution in [0.25, 0.3) is 6.08 Å². The Hall–Kier alpha value is -1.24. The number of benzene rings is 1. The smallest absolute Gasteiger partial charge is 0.0376 e. The van der Waals surface area contributed by atoms with Crippen LogP contribution >= 0.6 is 0 Å². The summed E-state index contributed by atoms with van der Waals surface area (Å²) in [5, 5.41) is 0. The van der Waals surface area contributed by atoms with E-state index in [1.807, 2.05) is 6.92 Å². The van der Waals surface area contributed by atoms with Crippen LogP contribution in [0, 0.1) is 20.8 Å². The van der Waals surface area contributed by atoms with E-state index in [4.69, 9.17) is 5.73 Å². The van der Waals surface area contributed by atoms with Crippen molar-refractivity contribution >= 4 is 11.8 Å². The van der Waals surface area contributed by atoms with Crippen molar-refractivity contribution in [2.75, 3.05) is 5.73 Å². The molecule has 0 aromatic heterocycles. The van der Waals surface area contributed by atoms with Gasteiger partial charge in [0.2, 0.25) is 0 Å². The maximum Gasteiger partial charge on any atom is 0.0376 e. The number of hydrogen-bond acceptors (Lipinski definition) is 1. The van der Waals surface area contributed by atoms with Crippen LogP contribution in [0.15, 0.2) is 12.1 Å². The number of nitrogen functional groups attached to an aromatic ring is 1. The predicted molar refractivity (Wildman–Crippen MR) is 59.8 cm³/mol. The summed E-state index contributed by atoms with van der Waals surface area (Å²) in [4.78, 5) is 0. The second kappa shape index (κ2) is 3.65. The molecule has 1 aromatic rings. The van der Waals surface area contributed by atoms with Crippen molar-refractivity contribution in [2.24, 2.45) is 0 Å². The largest absolute Gasteiger partial charge is 0.398 e. The van der Waals surface area contributed by atoms with Crippen LogP contribution in [0.5, 0.6) is 0 Å². The van der Waals surface area contributed by atoms with Crippen LogP contribution in [-0.4, -0.2) is 0 Å². The maximum atomic E-state index is 5.92. The van der Waals surface area contributed by atoms with Crippen LogP contribution < -0.4 is 5.73 Å². The van der Waals surface area contributed by atoms with Crippen molar-refractivity contribution in [3.63, 3.8) is 0 Å². The summed E-state index contributed by atoms with van der Waals surface area (Å²) in [5.41, 5.74) is 11.8. The monoisotopic (exact) mass is 175 g/mol. The SMILES string of the molecule is C/C=C/c1cc(C)c(N)c(C)c1C. The van der Waals surface area contributed by atoms with Gasteiger partial charge < -0.3 is 5.73 Å². The zero-order chi connectivity index (χ0) is 10.0. The van der Waals surface area contributed by atoms with Crippen molar-refractivity contribution in [3.05, 3.63) is 34.4 Å². The molecule has 13 heavy (non-hydrogen) atoms. The number of aryl methyl sites for hydroxylation is 1. The van der Waals surface area contributed by atoms with Crippen molar-refractivity contribution < 1.29 is 0 Å². The summed E-state index contributed by atoms with van der Waals surface area (Å²) in [6, 6.07) is 2.14. The van der Waals surface area contributed by atoms with Crippen LogP contribution in [0.1, 0.15) is 29.2 Å². The van der Waals surface area contributed by atoms with E-state index in [1.165, 1.54) is 16.7 Å².